The zero-order valence-electron chi connectivity index (χ0n) is 11.0. The summed E-state index contributed by atoms with van der Waals surface area (Å²) in [4.78, 5) is 0. The molecule has 2 heteroatoms. The van der Waals surface area contributed by atoms with Gasteiger partial charge in [-0.05, 0) is 0 Å². The molecule has 2 aliphatic carbocycles. The molecule has 0 nitrogen and oxygen atoms in total. The molecule has 0 aliphatic heterocycles. The predicted molar refractivity (Wildman–Crippen MR) is 64.2 cm³/mol. The van der Waals surface area contributed by atoms with Gasteiger partial charge < -0.3 is 2.85 Å². The van der Waals surface area contributed by atoms with Crippen LogP contribution < -0.4 is 0 Å². The van der Waals surface area contributed by atoms with E-state index in [-0.39, 0.29) is 29.1 Å². The molecule has 0 atom stereocenters. The van der Waals surface area contributed by atoms with E-state index in [2.05, 4.69) is 37.4 Å². The van der Waals surface area contributed by atoms with Crippen LogP contribution in [-0.2, 0) is 26.2 Å². The third-order valence-corrected chi connectivity index (χ3v) is 1.17. The minimum atomic E-state index is 0. The Hall–Kier alpha value is 0.0600. The summed E-state index contributed by atoms with van der Waals surface area (Å²) in [6, 6.07) is 0. The van der Waals surface area contributed by atoms with E-state index in [0.717, 1.165) is 22.4 Å². The Morgan fingerprint density at radius 3 is 1.43 bits per heavy atom. The Labute approximate surface area is 113 Å². The Balaban J connectivity index is -0.0000000638. The first-order valence-corrected chi connectivity index (χ1v) is 6.90. The van der Waals surface area contributed by atoms with Gasteiger partial charge in [0.15, 0.2) is 0 Å². The summed E-state index contributed by atoms with van der Waals surface area (Å²) in [5, 5.41) is 0. The van der Waals surface area contributed by atoms with Gasteiger partial charge in [-0.3, -0.25) is 12.2 Å². The Morgan fingerprint density at radius 2 is 1.36 bits per heavy atom. The van der Waals surface area contributed by atoms with Crippen LogP contribution >= 0.6 is 0 Å². The van der Waals surface area contributed by atoms with Crippen LogP contribution in [0, 0.1) is 12.2 Å². The molecule has 2 aliphatic rings. The van der Waals surface area contributed by atoms with Gasteiger partial charge in [0.05, 0.1) is 0 Å². The maximum atomic E-state index is 2.99. The summed E-state index contributed by atoms with van der Waals surface area (Å²) in [7, 11) is 0.750. The second kappa shape index (κ2) is 15.5. The van der Waals surface area contributed by atoms with Crippen LogP contribution in [-0.4, -0.2) is 9.52 Å². The van der Waals surface area contributed by atoms with Crippen LogP contribution in [0.4, 0.5) is 0 Å². The molecular weight excluding hydrogens is 263 g/mol. The monoisotopic (exact) mass is 281 g/mol. The molecule has 0 aromatic carbocycles. The summed E-state index contributed by atoms with van der Waals surface area (Å²) in [5.74, 6) is 0. The molecule has 14 heavy (non-hydrogen) atoms. The van der Waals surface area contributed by atoms with E-state index >= 15 is 0 Å². The number of rotatable bonds is 0. The third-order valence-electron chi connectivity index (χ3n) is 1.17. The van der Waals surface area contributed by atoms with Crippen molar-refractivity contribution < 1.29 is 29.1 Å². The van der Waals surface area contributed by atoms with Crippen LogP contribution in [0.3, 0.4) is 0 Å². The molecular formula is C12H19SiZr. The van der Waals surface area contributed by atoms with Crippen molar-refractivity contribution in [3.63, 3.8) is 0 Å². The van der Waals surface area contributed by atoms with Crippen LogP contribution in [0.5, 0.6) is 0 Å². The summed E-state index contributed by atoms with van der Waals surface area (Å²) in [6.45, 7) is 4.42. The molecule has 1 radical (unpaired) electrons. The van der Waals surface area contributed by atoms with E-state index < -0.39 is 0 Å². The average molecular weight is 283 g/mol. The number of allylic oxidation sites excluding steroid dienone is 8. The first-order chi connectivity index (χ1) is 6.41. The van der Waals surface area contributed by atoms with Gasteiger partial charge in [0.25, 0.3) is 0 Å². The SMILES string of the molecule is C[SiH]C.[C-]1=CC=CC1.[C-]1=CC=CC1.[H-].[H-].[Zr+4]. The molecule has 75 valence electrons. The van der Waals surface area contributed by atoms with Gasteiger partial charge in [-0.15, -0.1) is 12.8 Å². The van der Waals surface area contributed by atoms with Gasteiger partial charge in [0.2, 0.25) is 0 Å². The molecule has 0 amide bonds. The molecule has 0 aromatic heterocycles. The smallest absolute Gasteiger partial charge is 1.00 e. The van der Waals surface area contributed by atoms with Gasteiger partial charge in [-0.1, -0.05) is 13.1 Å². The summed E-state index contributed by atoms with van der Waals surface area (Å²) < 4.78 is 0. The molecule has 2 rings (SSSR count). The molecule has 0 saturated carbocycles. The van der Waals surface area contributed by atoms with Gasteiger partial charge >= 0.3 is 26.2 Å². The van der Waals surface area contributed by atoms with Crippen molar-refractivity contribution in [3.05, 3.63) is 48.6 Å². The van der Waals surface area contributed by atoms with Crippen LogP contribution in [0.15, 0.2) is 36.5 Å². The largest absolute Gasteiger partial charge is 4.00 e. The molecule has 0 fully saturated rings. The number of hydrogen-bond acceptors (Lipinski definition) is 0. The zero-order chi connectivity index (χ0) is 9.78. The molecule has 0 aromatic rings. The fraction of sp³-hybridized carbons (Fsp3) is 0.333. The maximum absolute atomic E-state index is 2.99. The Morgan fingerprint density at radius 1 is 1.00 bits per heavy atom. The maximum Gasteiger partial charge on any atom is 4.00 e. The van der Waals surface area contributed by atoms with E-state index in [9.17, 15) is 0 Å². The van der Waals surface area contributed by atoms with Gasteiger partial charge in [0.1, 0.15) is 0 Å². The molecule has 0 spiro atoms. The first kappa shape index (κ1) is 16.5. The third kappa shape index (κ3) is 14.6. The predicted octanol–water partition coefficient (Wildman–Crippen LogP) is 3.35. The minimum absolute atomic E-state index is 0. The van der Waals surface area contributed by atoms with Crippen molar-refractivity contribution in [1.29, 1.82) is 0 Å². The topological polar surface area (TPSA) is 0 Å². The number of hydrogen-bond donors (Lipinski definition) is 0. The van der Waals surface area contributed by atoms with Crippen molar-refractivity contribution in [2.24, 2.45) is 0 Å². The van der Waals surface area contributed by atoms with E-state index in [1.165, 1.54) is 0 Å². The van der Waals surface area contributed by atoms with Crippen molar-refractivity contribution in [3.8, 4) is 0 Å². The van der Waals surface area contributed by atoms with Crippen molar-refractivity contribution in [2.45, 2.75) is 25.9 Å². The second-order valence-electron chi connectivity index (χ2n) is 2.58. The molecule has 0 N–H and O–H groups in total. The molecule has 0 heterocycles. The summed E-state index contributed by atoms with van der Waals surface area (Å²) >= 11 is 0. The van der Waals surface area contributed by atoms with Crippen LogP contribution in [0.25, 0.3) is 0 Å². The quantitative estimate of drug-likeness (QED) is 0.472. The van der Waals surface area contributed by atoms with Crippen molar-refractivity contribution >= 4 is 9.52 Å². The minimum Gasteiger partial charge on any atom is -1.00 e. The van der Waals surface area contributed by atoms with Gasteiger partial charge in [-0.2, -0.15) is 12.2 Å². The van der Waals surface area contributed by atoms with E-state index in [0.29, 0.717) is 0 Å². The van der Waals surface area contributed by atoms with E-state index in [1.807, 2.05) is 24.3 Å². The van der Waals surface area contributed by atoms with Gasteiger partial charge in [0, 0.05) is 9.52 Å². The van der Waals surface area contributed by atoms with E-state index in [4.69, 9.17) is 0 Å². The summed E-state index contributed by atoms with van der Waals surface area (Å²) in [6.07, 6.45) is 20.0. The van der Waals surface area contributed by atoms with Crippen LogP contribution in [0.1, 0.15) is 15.7 Å². The first-order valence-electron chi connectivity index (χ1n) is 4.59. The Bertz CT molecular complexity index is 169. The van der Waals surface area contributed by atoms with Crippen LogP contribution in [0.2, 0.25) is 13.1 Å². The standard InChI is InChI=1S/2C5H5.C2H7Si.Zr.2H/c2*1-2-4-5-3-1;1-3-2;;;/h2*1-3H,4H2;3H,1-2H3;;;/q2*-1;;+4;2*-1. The second-order valence-corrected chi connectivity index (χ2v) is 3.74. The fourth-order valence-electron chi connectivity index (χ4n) is 0.680. The average Bonchev–Trinajstić information content (AvgIpc) is 2.85. The van der Waals surface area contributed by atoms with Crippen molar-refractivity contribution in [1.82, 2.24) is 0 Å². The normalized spacial score (nSPS) is 13.9. The molecule has 0 unspecified atom stereocenters. The molecule has 0 bridgehead atoms. The fourth-order valence-corrected chi connectivity index (χ4v) is 0.680. The molecule has 0 saturated heterocycles. The summed E-state index contributed by atoms with van der Waals surface area (Å²) in [5.41, 5.74) is 0. The van der Waals surface area contributed by atoms with E-state index in [1.54, 1.807) is 0 Å². The zero-order valence-corrected chi connectivity index (χ0v) is 12.6. The van der Waals surface area contributed by atoms with Gasteiger partial charge in [-0.25, -0.2) is 24.3 Å². The van der Waals surface area contributed by atoms with Crippen molar-refractivity contribution in [2.75, 3.05) is 0 Å². The Kier molecular flexibility index (Phi) is 18.3.